The lowest BCUT2D eigenvalue weighted by molar-refractivity contribution is -0.0399. The highest BCUT2D eigenvalue weighted by Gasteiger charge is 2.47. The molecule has 0 heterocycles. The second-order valence-electron chi connectivity index (χ2n) is 4.58. The van der Waals surface area contributed by atoms with Crippen molar-refractivity contribution in [2.75, 3.05) is 0 Å². The normalized spacial score (nSPS) is 29.4. The minimum atomic E-state index is 0.107. The Morgan fingerprint density at radius 2 is 1.93 bits per heavy atom. The molecule has 1 fully saturated rings. The molecule has 14 heavy (non-hydrogen) atoms. The van der Waals surface area contributed by atoms with Crippen molar-refractivity contribution < 1.29 is 4.74 Å². The van der Waals surface area contributed by atoms with Gasteiger partial charge in [-0.2, -0.15) is 0 Å². The van der Waals surface area contributed by atoms with Crippen LogP contribution in [0.5, 0.6) is 5.75 Å². The minimum Gasteiger partial charge on any atom is -0.490 e. The molecule has 1 aliphatic rings. The fourth-order valence-electron chi connectivity index (χ4n) is 1.78. The van der Waals surface area contributed by atoms with Gasteiger partial charge >= 0.3 is 0 Å². The zero-order valence-electron chi connectivity index (χ0n) is 8.73. The van der Waals surface area contributed by atoms with Crippen LogP contribution in [0.4, 0.5) is 0 Å². The predicted octanol–water partition coefficient (Wildman–Crippen LogP) is 2.19. The lowest BCUT2D eigenvalue weighted by atomic mass is 9.65. The molecule has 2 rings (SSSR count). The van der Waals surface area contributed by atoms with Crippen LogP contribution in [0.3, 0.4) is 0 Å². The first-order valence-electron chi connectivity index (χ1n) is 5.08. The molecule has 0 saturated heterocycles. The largest absolute Gasteiger partial charge is 0.490 e. The highest BCUT2D eigenvalue weighted by Crippen LogP contribution is 2.41. The fraction of sp³-hybridized carbons (Fsp3) is 0.500. The Bertz CT molecular complexity index is 307. The summed E-state index contributed by atoms with van der Waals surface area (Å²) in [7, 11) is 0. The Balaban J connectivity index is 2.01. The summed E-state index contributed by atoms with van der Waals surface area (Å²) in [6.45, 7) is 4.32. The number of hydrogen-bond donors (Lipinski definition) is 1. The second kappa shape index (κ2) is 3.28. The number of para-hydroxylation sites is 1. The van der Waals surface area contributed by atoms with E-state index in [1.165, 1.54) is 0 Å². The van der Waals surface area contributed by atoms with Crippen LogP contribution < -0.4 is 10.5 Å². The molecule has 2 N–H and O–H groups in total. The van der Waals surface area contributed by atoms with Crippen LogP contribution in [-0.2, 0) is 0 Å². The third-order valence-electron chi connectivity index (χ3n) is 3.28. The minimum absolute atomic E-state index is 0.107. The maximum atomic E-state index is 5.92. The molecule has 0 aliphatic heterocycles. The smallest absolute Gasteiger partial charge is 0.119 e. The Hall–Kier alpha value is -1.02. The zero-order chi connectivity index (χ0) is 10.2. The summed E-state index contributed by atoms with van der Waals surface area (Å²) < 4.78 is 5.86. The van der Waals surface area contributed by atoms with Crippen LogP contribution in [0.25, 0.3) is 0 Å². The standard InChI is InChI=1S/C12H17NO/c1-12(2)10(13)8-11(12)14-9-6-4-3-5-7-9/h3-7,10-11H,8,13H2,1-2H3/t10-,11-/m1/s1. The molecule has 1 aromatic carbocycles. The van der Waals surface area contributed by atoms with E-state index in [0.29, 0.717) is 0 Å². The van der Waals surface area contributed by atoms with E-state index in [0.717, 1.165) is 12.2 Å². The maximum Gasteiger partial charge on any atom is 0.119 e. The molecule has 2 atom stereocenters. The Morgan fingerprint density at radius 3 is 2.43 bits per heavy atom. The first kappa shape index (κ1) is 9.53. The average Bonchev–Trinajstić information content (AvgIpc) is 2.19. The monoisotopic (exact) mass is 191 g/mol. The summed E-state index contributed by atoms with van der Waals surface area (Å²) >= 11 is 0. The summed E-state index contributed by atoms with van der Waals surface area (Å²) in [5.74, 6) is 0.942. The molecule has 76 valence electrons. The molecule has 2 nitrogen and oxygen atoms in total. The number of nitrogens with two attached hydrogens (primary N) is 1. The van der Waals surface area contributed by atoms with Gasteiger partial charge in [0.05, 0.1) is 0 Å². The van der Waals surface area contributed by atoms with Crippen molar-refractivity contribution in [2.24, 2.45) is 11.1 Å². The van der Waals surface area contributed by atoms with Crippen molar-refractivity contribution in [3.8, 4) is 5.75 Å². The molecule has 1 aromatic rings. The number of benzene rings is 1. The van der Waals surface area contributed by atoms with Gasteiger partial charge in [-0.15, -0.1) is 0 Å². The van der Waals surface area contributed by atoms with Crippen molar-refractivity contribution in [2.45, 2.75) is 32.4 Å². The van der Waals surface area contributed by atoms with E-state index in [9.17, 15) is 0 Å². The summed E-state index contributed by atoms with van der Waals surface area (Å²) in [6.07, 6.45) is 1.22. The first-order valence-corrected chi connectivity index (χ1v) is 5.08. The van der Waals surface area contributed by atoms with Gasteiger partial charge in [-0.1, -0.05) is 32.0 Å². The van der Waals surface area contributed by atoms with Crippen LogP contribution in [0.15, 0.2) is 30.3 Å². The Morgan fingerprint density at radius 1 is 1.29 bits per heavy atom. The maximum absolute atomic E-state index is 5.92. The van der Waals surface area contributed by atoms with Crippen LogP contribution in [0, 0.1) is 5.41 Å². The topological polar surface area (TPSA) is 35.2 Å². The van der Waals surface area contributed by atoms with Crippen molar-refractivity contribution >= 4 is 0 Å². The van der Waals surface area contributed by atoms with Crippen LogP contribution in [0.2, 0.25) is 0 Å². The highest BCUT2D eigenvalue weighted by molar-refractivity contribution is 5.22. The van der Waals surface area contributed by atoms with Crippen LogP contribution in [-0.4, -0.2) is 12.1 Å². The van der Waals surface area contributed by atoms with Crippen LogP contribution >= 0.6 is 0 Å². The summed E-state index contributed by atoms with van der Waals surface area (Å²) in [6, 6.07) is 10.2. The van der Waals surface area contributed by atoms with Gasteiger partial charge in [-0.3, -0.25) is 0 Å². The Kier molecular flexibility index (Phi) is 2.23. The van der Waals surface area contributed by atoms with E-state index < -0.39 is 0 Å². The van der Waals surface area contributed by atoms with E-state index >= 15 is 0 Å². The third-order valence-corrected chi connectivity index (χ3v) is 3.28. The Labute approximate surface area is 85.1 Å². The number of hydrogen-bond acceptors (Lipinski definition) is 2. The molecule has 0 unspecified atom stereocenters. The third kappa shape index (κ3) is 1.50. The second-order valence-corrected chi connectivity index (χ2v) is 4.58. The van der Waals surface area contributed by atoms with Gasteiger partial charge in [-0.25, -0.2) is 0 Å². The summed E-state index contributed by atoms with van der Waals surface area (Å²) in [5.41, 5.74) is 6.03. The van der Waals surface area contributed by atoms with Crippen LogP contribution in [0.1, 0.15) is 20.3 Å². The van der Waals surface area contributed by atoms with Crippen molar-refractivity contribution in [3.05, 3.63) is 30.3 Å². The molecule has 2 heteroatoms. The summed E-state index contributed by atoms with van der Waals surface area (Å²) in [5, 5.41) is 0. The van der Waals surface area contributed by atoms with Gasteiger partial charge in [-0.05, 0) is 12.1 Å². The van der Waals surface area contributed by atoms with Crippen molar-refractivity contribution in [1.82, 2.24) is 0 Å². The van der Waals surface area contributed by atoms with E-state index in [1.807, 2.05) is 30.3 Å². The zero-order valence-corrected chi connectivity index (χ0v) is 8.73. The average molecular weight is 191 g/mol. The molecular weight excluding hydrogens is 174 g/mol. The van der Waals surface area contributed by atoms with Gasteiger partial charge in [0.1, 0.15) is 11.9 Å². The molecule has 0 bridgehead atoms. The number of ether oxygens (including phenoxy) is 1. The van der Waals surface area contributed by atoms with Crippen molar-refractivity contribution in [3.63, 3.8) is 0 Å². The van der Waals surface area contributed by atoms with E-state index in [2.05, 4.69) is 13.8 Å². The predicted molar refractivity (Wildman–Crippen MR) is 57.2 cm³/mol. The quantitative estimate of drug-likeness (QED) is 0.777. The first-order chi connectivity index (χ1) is 6.60. The lowest BCUT2D eigenvalue weighted by Crippen LogP contribution is -2.60. The highest BCUT2D eigenvalue weighted by atomic mass is 16.5. The summed E-state index contributed by atoms with van der Waals surface area (Å²) in [4.78, 5) is 0. The SMILES string of the molecule is CC1(C)[C@H](N)C[C@H]1Oc1ccccc1. The molecule has 0 amide bonds. The molecular formula is C12H17NO. The molecule has 0 radical (unpaired) electrons. The van der Waals surface area contributed by atoms with E-state index in [4.69, 9.17) is 10.5 Å². The van der Waals surface area contributed by atoms with Gasteiger partial charge in [0.25, 0.3) is 0 Å². The van der Waals surface area contributed by atoms with E-state index in [1.54, 1.807) is 0 Å². The van der Waals surface area contributed by atoms with Crippen molar-refractivity contribution in [1.29, 1.82) is 0 Å². The van der Waals surface area contributed by atoms with Gasteiger partial charge in [0, 0.05) is 17.9 Å². The molecule has 0 aromatic heterocycles. The van der Waals surface area contributed by atoms with Gasteiger partial charge < -0.3 is 10.5 Å². The lowest BCUT2D eigenvalue weighted by Gasteiger charge is -2.49. The molecule has 1 saturated carbocycles. The fourth-order valence-corrected chi connectivity index (χ4v) is 1.78. The molecule has 0 spiro atoms. The van der Waals surface area contributed by atoms with E-state index in [-0.39, 0.29) is 17.6 Å². The number of rotatable bonds is 2. The molecule has 1 aliphatic carbocycles. The van der Waals surface area contributed by atoms with Gasteiger partial charge in [0.15, 0.2) is 0 Å². The van der Waals surface area contributed by atoms with Gasteiger partial charge in [0.2, 0.25) is 0 Å².